The predicted molar refractivity (Wildman–Crippen MR) is 223 cm³/mol. The van der Waals surface area contributed by atoms with Crippen molar-refractivity contribution in [3.63, 3.8) is 0 Å². The summed E-state index contributed by atoms with van der Waals surface area (Å²) in [5.74, 6) is 0.396. The van der Waals surface area contributed by atoms with Crippen molar-refractivity contribution in [1.82, 2.24) is 20.4 Å². The smallest absolute Gasteiger partial charge is 0.465 e. The number of unbranched alkanes of at least 4 members (excludes halogenated alkanes) is 6. The van der Waals surface area contributed by atoms with E-state index in [1.807, 2.05) is 30.9 Å². The molecule has 7 unspecified atom stereocenters. The number of hydrogen-bond acceptors (Lipinski definition) is 7. The molecule has 0 spiro atoms. The van der Waals surface area contributed by atoms with Crippen LogP contribution in [0.25, 0.3) is 0 Å². The number of nitrogens with one attached hydrogen (secondary N) is 2. The van der Waals surface area contributed by atoms with Gasteiger partial charge in [0.25, 0.3) is 0 Å². The third-order valence-electron chi connectivity index (χ3n) is 12.5. The van der Waals surface area contributed by atoms with Crippen LogP contribution < -0.4 is 10.6 Å². The van der Waals surface area contributed by atoms with Gasteiger partial charge in [-0.1, -0.05) is 96.6 Å². The van der Waals surface area contributed by atoms with Gasteiger partial charge in [-0.05, 0) is 88.2 Å². The van der Waals surface area contributed by atoms with Crippen molar-refractivity contribution in [3.05, 3.63) is 35.4 Å². The third kappa shape index (κ3) is 11.4. The van der Waals surface area contributed by atoms with Crippen LogP contribution in [-0.4, -0.2) is 95.1 Å². The van der Waals surface area contributed by atoms with E-state index >= 15 is 0 Å². The minimum Gasteiger partial charge on any atom is -0.465 e. The van der Waals surface area contributed by atoms with Crippen LogP contribution in [-0.2, 0) is 36.7 Å². The van der Waals surface area contributed by atoms with E-state index in [9.17, 15) is 19.2 Å². The van der Waals surface area contributed by atoms with Crippen molar-refractivity contribution in [3.8, 4) is 0 Å². The maximum absolute atomic E-state index is 13.7. The number of nitrogens with zero attached hydrogens (tertiary/aromatic N) is 2. The summed E-state index contributed by atoms with van der Waals surface area (Å²) < 4.78 is 18.6. The SMILES string of the molecule is CCCCCCCCCC(NC(=O)C1CCCN1C(=O)CNC(=O)OC(C)(C)C)B1OC2CC3CC(C3(C)C)C2(C)O1.CP.O=C(O)N1Cc2ccccc2C1. The van der Waals surface area contributed by atoms with Crippen molar-refractivity contribution in [2.24, 2.45) is 17.3 Å². The zero-order valence-electron chi connectivity index (χ0n) is 35.4. The van der Waals surface area contributed by atoms with Gasteiger partial charge in [-0.25, -0.2) is 9.59 Å². The van der Waals surface area contributed by atoms with Crippen molar-refractivity contribution < 1.29 is 38.3 Å². The topological polar surface area (TPSA) is 147 Å². The molecule has 314 valence electrons. The first kappa shape index (κ1) is 45.8. The lowest BCUT2D eigenvalue weighted by atomic mass is 9.43. The number of carbonyl (C=O) groups is 4. The van der Waals surface area contributed by atoms with Crippen LogP contribution in [0.2, 0.25) is 0 Å². The maximum Gasteiger partial charge on any atom is 0.481 e. The largest absolute Gasteiger partial charge is 0.481 e. The van der Waals surface area contributed by atoms with Crippen molar-refractivity contribution >= 4 is 40.4 Å². The zero-order valence-corrected chi connectivity index (χ0v) is 36.5. The molecule has 0 radical (unpaired) electrons. The number of ether oxygens (including phenoxy) is 1. The van der Waals surface area contributed by atoms with Gasteiger partial charge in [0.05, 0.1) is 17.6 Å². The molecule has 1 aromatic carbocycles. The van der Waals surface area contributed by atoms with Gasteiger partial charge < -0.3 is 34.7 Å². The molecule has 1 aromatic rings. The second kappa shape index (κ2) is 20.2. The monoisotopic (exact) mass is 801 g/mol. The van der Waals surface area contributed by atoms with E-state index in [1.54, 1.807) is 25.7 Å². The van der Waals surface area contributed by atoms with E-state index in [-0.39, 0.29) is 41.4 Å². The number of amides is 4. The summed E-state index contributed by atoms with van der Waals surface area (Å²) >= 11 is 0. The summed E-state index contributed by atoms with van der Waals surface area (Å²) in [6, 6.07) is 7.24. The lowest BCUT2D eigenvalue weighted by molar-refractivity contribution is -0.199. The van der Waals surface area contributed by atoms with Gasteiger partial charge in [-0.3, -0.25) is 14.5 Å². The molecule has 3 aliphatic carbocycles. The Morgan fingerprint density at radius 2 is 1.62 bits per heavy atom. The van der Waals surface area contributed by atoms with Crippen LogP contribution in [0, 0.1) is 17.3 Å². The summed E-state index contributed by atoms with van der Waals surface area (Å²) in [5.41, 5.74) is 1.51. The molecule has 14 heteroatoms. The molecule has 56 heavy (non-hydrogen) atoms. The zero-order chi connectivity index (χ0) is 41.3. The number of fused-ring (bicyclic) bond motifs is 1. The van der Waals surface area contributed by atoms with Gasteiger partial charge in [0.1, 0.15) is 18.2 Å². The first-order valence-electron chi connectivity index (χ1n) is 21.1. The standard InChI is InChI=1S/C32H56BN3O6.C9H9NO2.CH5P/c1-8-9-10-11-12-13-14-17-26(33-41-25-20-22-19-24(31(22,5)6)32(25,7)42-33)35-28(38)23-16-15-18-36(23)27(37)21-34-29(39)40-30(2,3)4;11-9(12)10-5-7-3-1-2-4-8(7)6-10;1-2/h22-26H,8-21H2,1-7H3,(H,34,39)(H,35,38);1-4H,5-6H2,(H,11,12);2H2,1H3. The van der Waals surface area contributed by atoms with Crippen LogP contribution in [0.4, 0.5) is 9.59 Å². The predicted octanol–water partition coefficient (Wildman–Crippen LogP) is 7.57. The Labute approximate surface area is 338 Å². The molecule has 2 bridgehead atoms. The minimum absolute atomic E-state index is 0.0520. The van der Waals surface area contributed by atoms with Crippen LogP contribution in [0.15, 0.2) is 24.3 Å². The highest BCUT2D eigenvalue weighted by Crippen LogP contribution is 2.65. The molecule has 12 nitrogen and oxygen atoms in total. The third-order valence-corrected chi connectivity index (χ3v) is 12.5. The number of carboxylic acid groups (broad SMARTS) is 1. The van der Waals surface area contributed by atoms with Crippen LogP contribution >= 0.6 is 9.24 Å². The Balaban J connectivity index is 0.000000416. The Kier molecular flexibility index (Phi) is 16.5. The molecule has 3 aliphatic heterocycles. The second-order valence-electron chi connectivity index (χ2n) is 17.9. The fourth-order valence-electron chi connectivity index (χ4n) is 9.32. The molecule has 3 heterocycles. The van der Waals surface area contributed by atoms with Crippen LogP contribution in [0.5, 0.6) is 0 Å². The molecule has 4 amide bonds. The summed E-state index contributed by atoms with van der Waals surface area (Å²) in [5, 5.41) is 14.5. The van der Waals surface area contributed by atoms with Gasteiger partial charge in [-0.2, -0.15) is 0 Å². The second-order valence-corrected chi connectivity index (χ2v) is 17.9. The average Bonchev–Trinajstić information content (AvgIpc) is 3.90. The lowest BCUT2D eigenvalue weighted by Crippen LogP contribution is -2.65. The molecule has 3 N–H and O–H groups in total. The highest BCUT2D eigenvalue weighted by molar-refractivity contribution is 7.15. The number of alkyl carbamates (subject to hydrolysis) is 1. The van der Waals surface area contributed by atoms with Gasteiger partial charge in [0.15, 0.2) is 0 Å². The normalized spacial score (nSPS) is 26.0. The molecule has 0 aromatic heterocycles. The van der Waals surface area contributed by atoms with E-state index in [1.165, 1.54) is 43.4 Å². The number of hydrogen-bond donors (Lipinski definition) is 3. The van der Waals surface area contributed by atoms with E-state index < -0.39 is 30.9 Å². The highest BCUT2D eigenvalue weighted by Gasteiger charge is 2.68. The lowest BCUT2D eigenvalue weighted by Gasteiger charge is -2.64. The molecule has 5 fully saturated rings. The highest BCUT2D eigenvalue weighted by atomic mass is 31.0. The summed E-state index contributed by atoms with van der Waals surface area (Å²) in [6.45, 7) is 17.7. The fourth-order valence-corrected chi connectivity index (χ4v) is 9.32. The summed E-state index contributed by atoms with van der Waals surface area (Å²) in [7, 11) is 1.93. The molecular formula is C42H70BN4O8P. The Bertz CT molecular complexity index is 1470. The van der Waals surface area contributed by atoms with E-state index in [4.69, 9.17) is 19.2 Å². The first-order chi connectivity index (χ1) is 26.5. The number of rotatable bonds is 13. The van der Waals surface area contributed by atoms with Crippen LogP contribution in [0.3, 0.4) is 0 Å². The van der Waals surface area contributed by atoms with Gasteiger partial charge in [0, 0.05) is 19.6 Å². The van der Waals surface area contributed by atoms with Crippen molar-refractivity contribution in [1.29, 1.82) is 0 Å². The van der Waals surface area contributed by atoms with Gasteiger partial charge in [0.2, 0.25) is 11.8 Å². The fraction of sp³-hybridized carbons (Fsp3) is 0.762. The number of likely N-dealkylation sites (tertiary alicyclic amines) is 1. The van der Waals surface area contributed by atoms with E-state index in [2.05, 4.69) is 47.6 Å². The minimum atomic E-state index is -0.841. The molecule has 3 saturated carbocycles. The molecule has 2 saturated heterocycles. The van der Waals surface area contributed by atoms with Gasteiger partial charge >= 0.3 is 19.3 Å². The summed E-state index contributed by atoms with van der Waals surface area (Å²) in [4.78, 5) is 52.4. The molecule has 7 rings (SSSR count). The number of benzene rings is 1. The van der Waals surface area contributed by atoms with Gasteiger partial charge in [-0.15, -0.1) is 9.24 Å². The Hall–Kier alpha value is -2.89. The number of carbonyl (C=O) groups excluding carboxylic acids is 3. The molecular weight excluding hydrogens is 730 g/mol. The Morgan fingerprint density at radius 3 is 2.21 bits per heavy atom. The molecule has 6 aliphatic rings. The first-order valence-corrected chi connectivity index (χ1v) is 22.2. The molecule has 7 atom stereocenters. The Morgan fingerprint density at radius 1 is 1.00 bits per heavy atom. The average molecular weight is 801 g/mol. The quantitative estimate of drug-likeness (QED) is 0.105. The maximum atomic E-state index is 13.7. The van der Waals surface area contributed by atoms with E-state index in [0.717, 1.165) is 43.2 Å². The van der Waals surface area contributed by atoms with Crippen molar-refractivity contribution in [2.75, 3.05) is 19.8 Å². The van der Waals surface area contributed by atoms with E-state index in [0.29, 0.717) is 37.9 Å². The van der Waals surface area contributed by atoms with Crippen LogP contribution in [0.1, 0.15) is 137 Å². The summed E-state index contributed by atoms with van der Waals surface area (Å²) in [6.07, 6.45) is 11.2. The van der Waals surface area contributed by atoms with Crippen molar-refractivity contribution in [2.45, 2.75) is 168 Å².